The van der Waals surface area contributed by atoms with E-state index in [1.54, 1.807) is 0 Å². The zero-order chi connectivity index (χ0) is 8.97. The van der Waals surface area contributed by atoms with Crippen LogP contribution in [0.4, 0.5) is 0 Å². The Morgan fingerprint density at radius 3 is 2.92 bits per heavy atom. The van der Waals surface area contributed by atoms with Crippen molar-refractivity contribution in [2.45, 2.75) is 6.29 Å². The van der Waals surface area contributed by atoms with Crippen molar-refractivity contribution in [1.29, 1.82) is 0 Å². The number of hydrazine groups is 1. The van der Waals surface area contributed by atoms with Crippen LogP contribution in [0.15, 0.2) is 24.0 Å². The fourth-order valence-electron chi connectivity index (χ4n) is 1.12. The molecule has 1 fully saturated rings. The van der Waals surface area contributed by atoms with E-state index in [0.717, 1.165) is 19.5 Å². The molecule has 0 amide bonds. The van der Waals surface area contributed by atoms with Gasteiger partial charge in [-0.25, -0.2) is 0 Å². The number of halogens is 1. The Balaban J connectivity index is 0.000000451. The van der Waals surface area contributed by atoms with Crippen LogP contribution in [0.25, 0.3) is 0 Å². The largest absolute Gasteiger partial charge is 0.400 e. The number of rotatable bonds is 0. The molecule has 6 heteroatoms. The third-order valence-electron chi connectivity index (χ3n) is 1.57. The number of nitrogens with two attached hydrogens (primary N) is 1. The van der Waals surface area contributed by atoms with Crippen molar-refractivity contribution in [1.82, 2.24) is 15.8 Å². The minimum atomic E-state index is -0.133. The Morgan fingerprint density at radius 1 is 1.62 bits per heavy atom. The minimum absolute atomic E-state index is 0. The first-order valence-electron chi connectivity index (χ1n) is 3.73. The average Bonchev–Trinajstić information content (AvgIpc) is 2.48. The van der Waals surface area contributed by atoms with E-state index in [4.69, 9.17) is 10.8 Å². The molecule has 5 nitrogen and oxygen atoms in total. The van der Waals surface area contributed by atoms with Crippen molar-refractivity contribution < 1.29 is 5.11 Å². The number of aliphatic hydroxyl groups is 1. The number of hydrogen-bond donors (Lipinski definition) is 4. The second-order valence-corrected chi connectivity index (χ2v) is 2.34. The molecule has 2 rings (SSSR count). The van der Waals surface area contributed by atoms with Gasteiger partial charge in [0.25, 0.3) is 0 Å². The summed E-state index contributed by atoms with van der Waals surface area (Å²) in [7, 11) is 1.00. The molecule has 0 aromatic carbocycles. The third-order valence-corrected chi connectivity index (χ3v) is 1.57. The molecule has 0 aromatic heterocycles. The van der Waals surface area contributed by atoms with Gasteiger partial charge < -0.3 is 10.4 Å². The Labute approximate surface area is 83.7 Å². The molecule has 0 saturated carbocycles. The number of hydrogen-bond acceptors (Lipinski definition) is 5. The van der Waals surface area contributed by atoms with E-state index in [-0.39, 0.29) is 18.7 Å². The monoisotopic (exact) mass is 206 g/mol. The van der Waals surface area contributed by atoms with E-state index < -0.39 is 0 Å². The summed E-state index contributed by atoms with van der Waals surface area (Å²) in [5, 5.41) is 12.0. The lowest BCUT2D eigenvalue weighted by molar-refractivity contribution is 0.297. The van der Waals surface area contributed by atoms with Crippen molar-refractivity contribution >= 4 is 12.4 Å². The summed E-state index contributed by atoms with van der Waals surface area (Å²) < 4.78 is 0. The van der Waals surface area contributed by atoms with E-state index in [0.29, 0.717) is 0 Å². The van der Waals surface area contributed by atoms with Gasteiger partial charge in [0, 0.05) is 7.11 Å². The fourth-order valence-corrected chi connectivity index (χ4v) is 1.12. The summed E-state index contributed by atoms with van der Waals surface area (Å²) in [6, 6.07) is 0. The minimum Gasteiger partial charge on any atom is -0.400 e. The summed E-state index contributed by atoms with van der Waals surface area (Å²) in [5.74, 6) is 1.05. The predicted molar refractivity (Wildman–Crippen MR) is 53.6 cm³/mol. The smallest absolute Gasteiger partial charge is 0.147 e. The van der Waals surface area contributed by atoms with Crippen LogP contribution in [0.1, 0.15) is 0 Å². The highest BCUT2D eigenvalue weighted by Gasteiger charge is 2.21. The van der Waals surface area contributed by atoms with E-state index in [1.165, 1.54) is 0 Å². The van der Waals surface area contributed by atoms with Crippen molar-refractivity contribution in [2.24, 2.45) is 5.73 Å². The van der Waals surface area contributed by atoms with Crippen LogP contribution in [-0.4, -0.2) is 30.1 Å². The Kier molecular flexibility index (Phi) is 5.48. The first-order valence-corrected chi connectivity index (χ1v) is 3.73. The first-order chi connectivity index (χ1) is 5.86. The number of nitrogens with one attached hydrogen (secondary N) is 2. The van der Waals surface area contributed by atoms with Gasteiger partial charge in [-0.1, -0.05) is 12.2 Å². The molecule has 76 valence electrons. The van der Waals surface area contributed by atoms with Crippen molar-refractivity contribution in [3.8, 4) is 0 Å². The van der Waals surface area contributed by atoms with Gasteiger partial charge in [0.1, 0.15) is 12.1 Å². The van der Waals surface area contributed by atoms with Gasteiger partial charge in [-0.15, -0.1) is 12.4 Å². The van der Waals surface area contributed by atoms with Gasteiger partial charge in [-0.05, 0) is 6.08 Å². The van der Waals surface area contributed by atoms with Gasteiger partial charge in [0.05, 0.1) is 6.54 Å². The maximum absolute atomic E-state index is 7.00. The molecule has 0 aromatic rings. The highest BCUT2D eigenvalue weighted by Crippen LogP contribution is 2.08. The zero-order valence-corrected chi connectivity index (χ0v) is 8.21. The van der Waals surface area contributed by atoms with Gasteiger partial charge in [0.2, 0.25) is 0 Å². The lowest BCUT2D eigenvalue weighted by Gasteiger charge is -2.17. The average molecular weight is 207 g/mol. The molecule has 2 heterocycles. The lowest BCUT2D eigenvalue weighted by atomic mass is 10.3. The summed E-state index contributed by atoms with van der Waals surface area (Å²) in [4.78, 5) is 0. The van der Waals surface area contributed by atoms with Crippen LogP contribution in [-0.2, 0) is 0 Å². The van der Waals surface area contributed by atoms with Gasteiger partial charge >= 0.3 is 0 Å². The summed E-state index contributed by atoms with van der Waals surface area (Å²) in [6.07, 6.45) is 5.93. The lowest BCUT2D eigenvalue weighted by Crippen LogP contribution is -2.43. The first kappa shape index (κ1) is 12.2. The summed E-state index contributed by atoms with van der Waals surface area (Å²) in [6.45, 7) is 0.881. The maximum atomic E-state index is 7.00. The van der Waals surface area contributed by atoms with Crippen LogP contribution in [0.3, 0.4) is 0 Å². The van der Waals surface area contributed by atoms with E-state index in [2.05, 4.69) is 16.8 Å². The standard InChI is InChI=1S/C6H10N4.CH4O.ClH/c7-6-8-5-3-1-2-4-10(5)9-6;1-2;/h1-3,6,8-9H,4,7H2;2H,1H3;1H. The molecule has 1 atom stereocenters. The van der Waals surface area contributed by atoms with Crippen LogP contribution < -0.4 is 16.5 Å². The molecule has 0 bridgehead atoms. The number of aliphatic hydroxyl groups excluding tert-OH is 1. The SMILES string of the molecule is CO.Cl.NC1NC2=CC=CCN2N1. The molecule has 13 heavy (non-hydrogen) atoms. The van der Waals surface area contributed by atoms with Crippen LogP contribution in [0.2, 0.25) is 0 Å². The van der Waals surface area contributed by atoms with E-state index in [1.807, 2.05) is 17.2 Å². The molecule has 2 aliphatic heterocycles. The van der Waals surface area contributed by atoms with Gasteiger partial charge in [-0.3, -0.25) is 10.7 Å². The molecule has 0 spiro atoms. The van der Waals surface area contributed by atoms with E-state index in [9.17, 15) is 0 Å². The zero-order valence-electron chi connectivity index (χ0n) is 7.40. The van der Waals surface area contributed by atoms with Crippen LogP contribution in [0.5, 0.6) is 0 Å². The Morgan fingerprint density at radius 2 is 2.31 bits per heavy atom. The number of allylic oxidation sites excluding steroid dienone is 2. The topological polar surface area (TPSA) is 73.5 Å². The van der Waals surface area contributed by atoms with Crippen LogP contribution >= 0.6 is 12.4 Å². The number of fused-ring (bicyclic) bond motifs is 1. The molecule has 0 aliphatic carbocycles. The van der Waals surface area contributed by atoms with Crippen LogP contribution in [0, 0.1) is 0 Å². The molecule has 1 unspecified atom stereocenters. The molecule has 2 aliphatic rings. The van der Waals surface area contributed by atoms with Crippen molar-refractivity contribution in [3.63, 3.8) is 0 Å². The van der Waals surface area contributed by atoms with Gasteiger partial charge in [0.15, 0.2) is 0 Å². The molecule has 0 radical (unpaired) electrons. The summed E-state index contributed by atoms with van der Waals surface area (Å²) >= 11 is 0. The summed E-state index contributed by atoms with van der Waals surface area (Å²) in [5.41, 5.74) is 8.60. The molecule has 1 saturated heterocycles. The fraction of sp³-hybridized carbons (Fsp3) is 0.429. The molecular formula is C7H15ClN4O. The quantitative estimate of drug-likeness (QED) is 0.413. The second-order valence-electron chi connectivity index (χ2n) is 2.34. The highest BCUT2D eigenvalue weighted by atomic mass is 35.5. The third kappa shape index (κ3) is 2.89. The molecular weight excluding hydrogens is 192 g/mol. The predicted octanol–water partition coefficient (Wildman–Crippen LogP) is -0.920. The Hall–Kier alpha value is -0.750. The second kappa shape index (κ2) is 5.82. The van der Waals surface area contributed by atoms with Crippen molar-refractivity contribution in [3.05, 3.63) is 24.0 Å². The highest BCUT2D eigenvalue weighted by molar-refractivity contribution is 5.85. The molecule has 5 N–H and O–H groups in total. The number of nitrogens with zero attached hydrogens (tertiary/aromatic N) is 1. The van der Waals surface area contributed by atoms with E-state index >= 15 is 0 Å². The normalized spacial score (nSPS) is 23.2. The van der Waals surface area contributed by atoms with Crippen molar-refractivity contribution in [2.75, 3.05) is 13.7 Å². The maximum Gasteiger partial charge on any atom is 0.147 e. The Bertz CT molecular complexity index is 207. The van der Waals surface area contributed by atoms with Gasteiger partial charge in [-0.2, -0.15) is 5.43 Å².